The molecule has 0 atom stereocenters. The van der Waals surface area contributed by atoms with Crippen molar-refractivity contribution in [3.8, 4) is 0 Å². The molecule has 0 spiro atoms. The van der Waals surface area contributed by atoms with Gasteiger partial charge in [0.2, 0.25) is 5.91 Å². The van der Waals surface area contributed by atoms with Crippen molar-refractivity contribution in [2.45, 2.75) is 46.5 Å². The standard InChI is InChI=1S/C30H37N3O3/c1-6-8-26(9-7-2)33-20-24(27-18-23(30(35)36-5)12-15-28(27)33)16-17-31-19-29(34)32-25-13-10-22(11-14-25)21(3)4/h6,8-15,18,20-21,31H,7,16-17,19H2,1-5H3,(H,32,34)/b8-6-,26-9+. The van der Waals surface area contributed by atoms with Crippen LogP contribution in [0.1, 0.15) is 61.5 Å². The number of nitrogens with zero attached hydrogens (tertiary/aromatic N) is 1. The van der Waals surface area contributed by atoms with Crippen LogP contribution in [0.15, 0.2) is 66.9 Å². The molecule has 1 heterocycles. The Morgan fingerprint density at radius 3 is 2.50 bits per heavy atom. The number of nitrogens with one attached hydrogen (secondary N) is 2. The van der Waals surface area contributed by atoms with Gasteiger partial charge in [0.05, 0.1) is 24.7 Å². The van der Waals surface area contributed by atoms with Gasteiger partial charge in [-0.1, -0.05) is 45.1 Å². The van der Waals surface area contributed by atoms with Gasteiger partial charge in [-0.3, -0.25) is 4.79 Å². The Hall–Kier alpha value is -3.64. The van der Waals surface area contributed by atoms with E-state index in [9.17, 15) is 9.59 Å². The number of ether oxygens (including phenoxy) is 1. The van der Waals surface area contributed by atoms with E-state index in [2.05, 4.69) is 54.3 Å². The van der Waals surface area contributed by atoms with Crippen molar-refractivity contribution in [2.75, 3.05) is 25.5 Å². The molecule has 190 valence electrons. The Balaban J connectivity index is 1.71. The molecule has 0 aliphatic heterocycles. The molecule has 0 aliphatic carbocycles. The molecule has 2 aromatic carbocycles. The minimum absolute atomic E-state index is 0.0797. The number of carbonyl (C=O) groups excluding carboxylic acids is 2. The fraction of sp³-hybridized carbons (Fsp3) is 0.333. The van der Waals surface area contributed by atoms with E-state index in [0.717, 1.165) is 34.3 Å². The average molecular weight is 488 g/mol. The molecule has 1 aromatic heterocycles. The monoisotopic (exact) mass is 487 g/mol. The normalized spacial score (nSPS) is 12.0. The summed E-state index contributed by atoms with van der Waals surface area (Å²) in [5.74, 6) is 0.0196. The van der Waals surface area contributed by atoms with Gasteiger partial charge in [0.15, 0.2) is 0 Å². The van der Waals surface area contributed by atoms with Crippen LogP contribution in [-0.4, -0.2) is 36.6 Å². The number of hydrogen-bond acceptors (Lipinski definition) is 4. The highest BCUT2D eigenvalue weighted by molar-refractivity contribution is 5.97. The quantitative estimate of drug-likeness (QED) is 0.193. The molecule has 0 bridgehead atoms. The SMILES string of the molecule is C/C=C\C(=C/CC)n1cc(CCNCC(=O)Nc2ccc(C(C)C)cc2)c2cc(C(=O)OC)ccc21. The van der Waals surface area contributed by atoms with E-state index in [0.29, 0.717) is 24.4 Å². The first-order valence-electron chi connectivity index (χ1n) is 12.5. The van der Waals surface area contributed by atoms with Crippen molar-refractivity contribution in [3.05, 3.63) is 83.6 Å². The molecule has 0 saturated heterocycles. The van der Waals surface area contributed by atoms with E-state index in [4.69, 9.17) is 4.74 Å². The molecule has 6 nitrogen and oxygen atoms in total. The van der Waals surface area contributed by atoms with E-state index < -0.39 is 0 Å². The van der Waals surface area contributed by atoms with Crippen molar-refractivity contribution < 1.29 is 14.3 Å². The predicted molar refractivity (Wildman–Crippen MR) is 148 cm³/mol. The van der Waals surface area contributed by atoms with Gasteiger partial charge in [0.25, 0.3) is 0 Å². The first kappa shape index (κ1) is 27.0. The summed E-state index contributed by atoms with van der Waals surface area (Å²) in [5.41, 5.74) is 5.76. The van der Waals surface area contributed by atoms with Crippen LogP contribution in [0.5, 0.6) is 0 Å². The zero-order valence-corrected chi connectivity index (χ0v) is 21.9. The molecule has 1 amide bonds. The average Bonchev–Trinajstić information content (AvgIpc) is 3.24. The van der Waals surface area contributed by atoms with Gasteiger partial charge in [-0.05, 0) is 79.8 Å². The van der Waals surface area contributed by atoms with Crippen LogP contribution in [0.25, 0.3) is 16.6 Å². The minimum Gasteiger partial charge on any atom is -0.465 e. The molecule has 2 N–H and O–H groups in total. The summed E-state index contributed by atoms with van der Waals surface area (Å²) in [5, 5.41) is 7.18. The third-order valence-corrected chi connectivity index (χ3v) is 6.05. The van der Waals surface area contributed by atoms with Crippen LogP contribution < -0.4 is 10.6 Å². The second-order valence-electron chi connectivity index (χ2n) is 9.04. The number of allylic oxidation sites excluding steroid dienone is 4. The van der Waals surface area contributed by atoms with Gasteiger partial charge < -0.3 is 19.9 Å². The summed E-state index contributed by atoms with van der Waals surface area (Å²) in [6.07, 6.45) is 10.0. The summed E-state index contributed by atoms with van der Waals surface area (Å²) in [6, 6.07) is 13.6. The maximum Gasteiger partial charge on any atom is 0.337 e. The van der Waals surface area contributed by atoms with Gasteiger partial charge in [-0.15, -0.1) is 0 Å². The Morgan fingerprint density at radius 2 is 1.86 bits per heavy atom. The van der Waals surface area contributed by atoms with Crippen molar-refractivity contribution in [3.63, 3.8) is 0 Å². The number of benzene rings is 2. The lowest BCUT2D eigenvalue weighted by molar-refractivity contribution is -0.115. The highest BCUT2D eigenvalue weighted by Crippen LogP contribution is 2.27. The van der Waals surface area contributed by atoms with Crippen LogP contribution in [0.4, 0.5) is 5.69 Å². The zero-order chi connectivity index (χ0) is 26.1. The lowest BCUT2D eigenvalue weighted by atomic mass is 10.0. The Kier molecular flexibility index (Phi) is 9.65. The zero-order valence-electron chi connectivity index (χ0n) is 21.9. The molecule has 36 heavy (non-hydrogen) atoms. The van der Waals surface area contributed by atoms with E-state index in [1.54, 1.807) is 6.07 Å². The maximum absolute atomic E-state index is 12.4. The van der Waals surface area contributed by atoms with Crippen LogP contribution in [-0.2, 0) is 16.0 Å². The molecule has 0 radical (unpaired) electrons. The number of fused-ring (bicyclic) bond motifs is 1. The highest BCUT2D eigenvalue weighted by atomic mass is 16.5. The first-order chi connectivity index (χ1) is 17.4. The van der Waals surface area contributed by atoms with E-state index in [1.165, 1.54) is 12.7 Å². The lowest BCUT2D eigenvalue weighted by Gasteiger charge is -2.09. The molecular weight excluding hydrogens is 450 g/mol. The summed E-state index contributed by atoms with van der Waals surface area (Å²) < 4.78 is 7.08. The molecule has 0 fully saturated rings. The number of amides is 1. The molecule has 0 unspecified atom stereocenters. The van der Waals surface area contributed by atoms with Crippen molar-refractivity contribution in [1.82, 2.24) is 9.88 Å². The number of aromatic nitrogens is 1. The largest absolute Gasteiger partial charge is 0.465 e. The summed E-state index contributed by atoms with van der Waals surface area (Å²) in [6.45, 7) is 9.24. The Morgan fingerprint density at radius 1 is 1.11 bits per heavy atom. The topological polar surface area (TPSA) is 72.4 Å². The third-order valence-electron chi connectivity index (χ3n) is 6.05. The maximum atomic E-state index is 12.4. The number of carbonyl (C=O) groups is 2. The lowest BCUT2D eigenvalue weighted by Crippen LogP contribution is -2.29. The molecular formula is C30H37N3O3. The second kappa shape index (κ2) is 12.9. The van der Waals surface area contributed by atoms with Crippen LogP contribution in [0, 0.1) is 0 Å². The predicted octanol–water partition coefficient (Wildman–Crippen LogP) is 6.15. The van der Waals surface area contributed by atoms with E-state index in [-0.39, 0.29) is 18.4 Å². The van der Waals surface area contributed by atoms with Crippen LogP contribution >= 0.6 is 0 Å². The Labute approximate surface area is 214 Å². The van der Waals surface area contributed by atoms with Gasteiger partial charge >= 0.3 is 5.97 Å². The number of esters is 1. The fourth-order valence-electron chi connectivity index (χ4n) is 4.16. The smallest absolute Gasteiger partial charge is 0.337 e. The number of methoxy groups -OCH3 is 1. The van der Waals surface area contributed by atoms with Crippen LogP contribution in [0.2, 0.25) is 0 Å². The molecule has 3 rings (SSSR count). The van der Waals surface area contributed by atoms with Gasteiger partial charge in [0, 0.05) is 23.0 Å². The van der Waals surface area contributed by atoms with Crippen molar-refractivity contribution in [2.24, 2.45) is 0 Å². The van der Waals surface area contributed by atoms with Gasteiger partial charge in [-0.25, -0.2) is 4.79 Å². The van der Waals surface area contributed by atoms with Crippen molar-refractivity contribution in [1.29, 1.82) is 0 Å². The second-order valence-corrected chi connectivity index (χ2v) is 9.04. The molecule has 0 aliphatic rings. The van der Waals surface area contributed by atoms with E-state index >= 15 is 0 Å². The molecule has 6 heteroatoms. The van der Waals surface area contributed by atoms with Crippen LogP contribution in [0.3, 0.4) is 0 Å². The molecule has 3 aromatic rings. The number of hydrogen-bond donors (Lipinski definition) is 2. The fourth-order valence-corrected chi connectivity index (χ4v) is 4.16. The van der Waals surface area contributed by atoms with Gasteiger partial charge in [-0.2, -0.15) is 0 Å². The Bertz CT molecular complexity index is 1250. The summed E-state index contributed by atoms with van der Waals surface area (Å²) >= 11 is 0. The third kappa shape index (κ3) is 6.73. The summed E-state index contributed by atoms with van der Waals surface area (Å²) in [4.78, 5) is 24.5. The number of anilines is 1. The summed E-state index contributed by atoms with van der Waals surface area (Å²) in [7, 11) is 1.39. The minimum atomic E-state index is -0.357. The first-order valence-corrected chi connectivity index (χ1v) is 12.5. The highest BCUT2D eigenvalue weighted by Gasteiger charge is 2.14. The molecule has 0 saturated carbocycles. The van der Waals surface area contributed by atoms with Crippen molar-refractivity contribution >= 4 is 34.2 Å². The van der Waals surface area contributed by atoms with E-state index in [1.807, 2.05) is 49.4 Å². The van der Waals surface area contributed by atoms with Gasteiger partial charge in [0.1, 0.15) is 0 Å². The number of rotatable bonds is 11.